The fraction of sp³-hybridized carbons (Fsp3) is 0.571. The van der Waals surface area contributed by atoms with E-state index < -0.39 is 10.0 Å². The fourth-order valence-electron chi connectivity index (χ4n) is 2.49. The van der Waals surface area contributed by atoms with Crippen LogP contribution in [0.2, 0.25) is 0 Å². The summed E-state index contributed by atoms with van der Waals surface area (Å²) in [6.07, 6.45) is 0.935. The first kappa shape index (κ1) is 14.5. The SMILES string of the molecule is CNCC1CCN(S(=O)(=O)c2ccc(C)c(C)c2)C1. The van der Waals surface area contributed by atoms with Crippen molar-refractivity contribution in [2.75, 3.05) is 26.7 Å². The van der Waals surface area contributed by atoms with Crippen LogP contribution in [0.4, 0.5) is 0 Å². The molecule has 4 nitrogen and oxygen atoms in total. The monoisotopic (exact) mass is 282 g/mol. The number of hydrogen-bond donors (Lipinski definition) is 1. The lowest BCUT2D eigenvalue weighted by molar-refractivity contribution is 0.451. The summed E-state index contributed by atoms with van der Waals surface area (Å²) in [6, 6.07) is 5.36. The van der Waals surface area contributed by atoms with E-state index in [1.54, 1.807) is 16.4 Å². The van der Waals surface area contributed by atoms with Crippen molar-refractivity contribution in [1.82, 2.24) is 9.62 Å². The van der Waals surface area contributed by atoms with Crippen molar-refractivity contribution in [3.8, 4) is 0 Å². The number of aryl methyl sites for hydroxylation is 2. The predicted octanol–water partition coefficient (Wildman–Crippen LogP) is 1.53. The van der Waals surface area contributed by atoms with Gasteiger partial charge in [-0.05, 0) is 63.0 Å². The van der Waals surface area contributed by atoms with Crippen molar-refractivity contribution in [1.29, 1.82) is 0 Å². The zero-order valence-corrected chi connectivity index (χ0v) is 12.6. The molecule has 0 radical (unpaired) electrons. The second kappa shape index (κ2) is 5.61. The summed E-state index contributed by atoms with van der Waals surface area (Å²) in [5.74, 6) is 0.423. The van der Waals surface area contributed by atoms with E-state index >= 15 is 0 Å². The Morgan fingerprint density at radius 1 is 1.32 bits per heavy atom. The van der Waals surface area contributed by atoms with Crippen LogP contribution in [0, 0.1) is 19.8 Å². The molecule has 106 valence electrons. The minimum atomic E-state index is -3.32. The molecule has 1 saturated heterocycles. The van der Waals surface area contributed by atoms with Crippen LogP contribution in [0.1, 0.15) is 17.5 Å². The van der Waals surface area contributed by atoms with Crippen molar-refractivity contribution < 1.29 is 8.42 Å². The van der Waals surface area contributed by atoms with Crippen LogP contribution < -0.4 is 5.32 Å². The van der Waals surface area contributed by atoms with Gasteiger partial charge in [-0.3, -0.25) is 0 Å². The molecule has 1 heterocycles. The first-order chi connectivity index (χ1) is 8.95. The zero-order chi connectivity index (χ0) is 14.0. The summed E-state index contributed by atoms with van der Waals surface area (Å²) in [5, 5.41) is 3.12. The van der Waals surface area contributed by atoms with Crippen LogP contribution in [-0.4, -0.2) is 39.4 Å². The maximum Gasteiger partial charge on any atom is 0.243 e. The molecule has 1 aliphatic rings. The van der Waals surface area contributed by atoms with Gasteiger partial charge in [0.05, 0.1) is 4.90 Å². The first-order valence-electron chi connectivity index (χ1n) is 6.67. The van der Waals surface area contributed by atoms with Crippen molar-refractivity contribution >= 4 is 10.0 Å². The highest BCUT2D eigenvalue weighted by molar-refractivity contribution is 7.89. The second-order valence-electron chi connectivity index (χ2n) is 5.32. The highest BCUT2D eigenvalue weighted by Gasteiger charge is 2.32. The first-order valence-corrected chi connectivity index (χ1v) is 8.11. The van der Waals surface area contributed by atoms with E-state index in [4.69, 9.17) is 0 Å². The van der Waals surface area contributed by atoms with Gasteiger partial charge in [-0.15, -0.1) is 0 Å². The van der Waals surface area contributed by atoms with Crippen LogP contribution in [-0.2, 0) is 10.0 Å². The van der Waals surface area contributed by atoms with Crippen LogP contribution in [0.5, 0.6) is 0 Å². The minimum Gasteiger partial charge on any atom is -0.319 e. The third-order valence-electron chi connectivity index (χ3n) is 3.86. The molecule has 1 aliphatic heterocycles. The van der Waals surface area contributed by atoms with Crippen LogP contribution in [0.25, 0.3) is 0 Å². The number of hydrogen-bond acceptors (Lipinski definition) is 3. The van der Waals surface area contributed by atoms with Crippen molar-refractivity contribution in [2.24, 2.45) is 5.92 Å². The van der Waals surface area contributed by atoms with Gasteiger partial charge >= 0.3 is 0 Å². The molecule has 0 aliphatic carbocycles. The lowest BCUT2D eigenvalue weighted by Crippen LogP contribution is -2.30. The maximum atomic E-state index is 12.6. The van der Waals surface area contributed by atoms with E-state index in [1.165, 1.54) is 0 Å². The minimum absolute atomic E-state index is 0.417. The van der Waals surface area contributed by atoms with E-state index in [0.29, 0.717) is 23.9 Å². The number of nitrogens with one attached hydrogen (secondary N) is 1. The molecule has 0 spiro atoms. The lowest BCUT2D eigenvalue weighted by Gasteiger charge is -2.17. The molecule has 1 aromatic carbocycles. The standard InChI is InChI=1S/C14H22N2O2S/c1-11-4-5-14(8-12(11)2)19(17,18)16-7-6-13(10-16)9-15-3/h4-5,8,13,15H,6-7,9-10H2,1-3H3. The largest absolute Gasteiger partial charge is 0.319 e. The second-order valence-corrected chi connectivity index (χ2v) is 7.26. The summed E-state index contributed by atoms with van der Waals surface area (Å²) in [7, 11) is -1.42. The van der Waals surface area contributed by atoms with Crippen molar-refractivity contribution in [2.45, 2.75) is 25.2 Å². The lowest BCUT2D eigenvalue weighted by atomic mass is 10.1. The molecule has 0 aromatic heterocycles. The van der Waals surface area contributed by atoms with Gasteiger partial charge in [0, 0.05) is 13.1 Å². The van der Waals surface area contributed by atoms with Gasteiger partial charge in [-0.25, -0.2) is 8.42 Å². The van der Waals surface area contributed by atoms with Crippen LogP contribution >= 0.6 is 0 Å². The van der Waals surface area contributed by atoms with Crippen molar-refractivity contribution in [3.63, 3.8) is 0 Å². The Hall–Kier alpha value is -0.910. The Bertz CT molecular complexity index is 555. The van der Waals surface area contributed by atoms with Crippen LogP contribution in [0.3, 0.4) is 0 Å². The molecule has 1 unspecified atom stereocenters. The van der Waals surface area contributed by atoms with Gasteiger partial charge < -0.3 is 5.32 Å². The molecule has 2 rings (SSSR count). The molecule has 5 heteroatoms. The van der Waals surface area contributed by atoms with E-state index in [9.17, 15) is 8.42 Å². The highest BCUT2D eigenvalue weighted by atomic mass is 32.2. The molecule has 1 aromatic rings. The van der Waals surface area contributed by atoms with Gasteiger partial charge in [-0.1, -0.05) is 6.07 Å². The average molecular weight is 282 g/mol. The van der Waals surface area contributed by atoms with E-state index in [2.05, 4.69) is 5.32 Å². The number of benzene rings is 1. The summed E-state index contributed by atoms with van der Waals surface area (Å²) >= 11 is 0. The van der Waals surface area contributed by atoms with Gasteiger partial charge in [0.2, 0.25) is 10.0 Å². The average Bonchev–Trinajstić information content (AvgIpc) is 2.82. The number of nitrogens with zero attached hydrogens (tertiary/aromatic N) is 1. The quantitative estimate of drug-likeness (QED) is 0.911. The molecular weight excluding hydrogens is 260 g/mol. The number of sulfonamides is 1. The molecule has 0 amide bonds. The Kier molecular flexibility index (Phi) is 4.28. The normalized spacial score (nSPS) is 20.9. The smallest absolute Gasteiger partial charge is 0.243 e. The third kappa shape index (κ3) is 2.99. The van der Waals surface area contributed by atoms with Gasteiger partial charge in [0.15, 0.2) is 0 Å². The molecule has 0 saturated carbocycles. The Morgan fingerprint density at radius 2 is 2.05 bits per heavy atom. The molecule has 1 N–H and O–H groups in total. The zero-order valence-electron chi connectivity index (χ0n) is 11.8. The molecule has 19 heavy (non-hydrogen) atoms. The Morgan fingerprint density at radius 3 is 2.68 bits per heavy atom. The Labute approximate surface area is 115 Å². The molecule has 0 bridgehead atoms. The summed E-state index contributed by atoms with van der Waals surface area (Å²) < 4.78 is 26.7. The van der Waals surface area contributed by atoms with Gasteiger partial charge in [0.25, 0.3) is 0 Å². The van der Waals surface area contributed by atoms with E-state index in [0.717, 1.165) is 24.1 Å². The van der Waals surface area contributed by atoms with Gasteiger partial charge in [-0.2, -0.15) is 4.31 Å². The number of rotatable bonds is 4. The van der Waals surface area contributed by atoms with E-state index in [-0.39, 0.29) is 0 Å². The topological polar surface area (TPSA) is 49.4 Å². The molecular formula is C14H22N2O2S. The molecule has 1 atom stereocenters. The third-order valence-corrected chi connectivity index (χ3v) is 5.72. The molecule has 1 fully saturated rings. The van der Waals surface area contributed by atoms with E-state index in [1.807, 2.05) is 27.0 Å². The summed E-state index contributed by atoms with van der Waals surface area (Å²) in [6.45, 7) is 6.06. The highest BCUT2D eigenvalue weighted by Crippen LogP contribution is 2.25. The maximum absolute atomic E-state index is 12.6. The van der Waals surface area contributed by atoms with Crippen LogP contribution in [0.15, 0.2) is 23.1 Å². The Balaban J connectivity index is 2.21. The summed E-state index contributed by atoms with van der Waals surface area (Å²) in [4.78, 5) is 0.417. The van der Waals surface area contributed by atoms with Crippen molar-refractivity contribution in [3.05, 3.63) is 29.3 Å². The predicted molar refractivity (Wildman–Crippen MR) is 76.7 cm³/mol. The fourth-order valence-corrected chi connectivity index (χ4v) is 4.11. The summed E-state index contributed by atoms with van der Waals surface area (Å²) in [5.41, 5.74) is 2.14. The van der Waals surface area contributed by atoms with Gasteiger partial charge in [0.1, 0.15) is 0 Å².